The number of nitrogens with two attached hydrogens (primary N) is 1. The average Bonchev–Trinajstić information content (AvgIpc) is 1.77. The van der Waals surface area contributed by atoms with Gasteiger partial charge in [-0.1, -0.05) is 0 Å². The van der Waals surface area contributed by atoms with E-state index in [1.807, 2.05) is 0 Å². The van der Waals surface area contributed by atoms with Crippen LogP contribution >= 0.6 is 0 Å². The molecule has 1 aromatic rings. The second kappa shape index (κ2) is 2.12. The van der Waals surface area contributed by atoms with E-state index in [1.54, 1.807) is 6.20 Å². The molecule has 0 saturated heterocycles. The van der Waals surface area contributed by atoms with Crippen LogP contribution in [0, 0.1) is 0 Å². The minimum absolute atomic E-state index is 0.609. The Morgan fingerprint density at radius 1 is 1.62 bits per heavy atom. The van der Waals surface area contributed by atoms with Gasteiger partial charge < -0.3 is 5.73 Å². The Bertz CT molecular complexity index is 167. The minimum Gasteiger partial charge on any atom is -0.397 e. The van der Waals surface area contributed by atoms with Crippen molar-refractivity contribution in [1.82, 2.24) is 9.97 Å². The number of hydrogen-bond donors (Lipinski definition) is 1. The number of anilines is 1. The molecule has 0 aliphatic heterocycles. The van der Waals surface area contributed by atoms with E-state index in [9.17, 15) is 0 Å². The van der Waals surface area contributed by atoms with Gasteiger partial charge in [-0.05, 0) is 4.56 Å². The predicted octanol–water partition coefficient (Wildman–Crippen LogP) is -1.15. The summed E-state index contributed by atoms with van der Waals surface area (Å²) in [5.74, 6) is 0. The summed E-state index contributed by atoms with van der Waals surface area (Å²) < 4.78 is 0.750. The Balaban J connectivity index is 3.13. The van der Waals surface area contributed by atoms with E-state index >= 15 is 0 Å². The zero-order valence-corrected chi connectivity index (χ0v) is 5.36. The second-order valence-corrected chi connectivity index (χ2v) is 1.91. The first-order valence-corrected chi connectivity index (χ1v) is 2.69. The van der Waals surface area contributed by atoms with E-state index in [0.717, 1.165) is 4.56 Å². The molecule has 0 bridgehead atoms. The highest BCUT2D eigenvalue weighted by atomic mass is 27.0. The summed E-state index contributed by atoms with van der Waals surface area (Å²) >= 11 is 2.41. The Labute approximate surface area is 55.4 Å². The van der Waals surface area contributed by atoms with Gasteiger partial charge in [0.1, 0.15) is 6.33 Å². The standard InChI is InChI=1S/C4H4N3.Al/c5-4-1-6-3-7-2-4;/h1,3H,5H2;. The smallest absolute Gasteiger partial charge is 0.213 e. The molecule has 0 aliphatic carbocycles. The summed E-state index contributed by atoms with van der Waals surface area (Å²) in [6, 6.07) is 0. The zero-order valence-electron chi connectivity index (χ0n) is 4.20. The van der Waals surface area contributed by atoms with Crippen molar-refractivity contribution >= 4 is 26.5 Å². The summed E-state index contributed by atoms with van der Waals surface area (Å²) in [6.45, 7) is 0. The van der Waals surface area contributed by atoms with Crippen LogP contribution in [0.25, 0.3) is 0 Å². The molecule has 1 rings (SSSR count). The molecule has 4 heteroatoms. The molecule has 1 heterocycles. The molecule has 38 valence electrons. The summed E-state index contributed by atoms with van der Waals surface area (Å²) in [4.78, 5) is 7.50. The molecule has 0 saturated carbocycles. The lowest BCUT2D eigenvalue weighted by atomic mass is 10.6. The minimum atomic E-state index is 0.609. The normalized spacial score (nSPS) is 9.00. The average molecular weight is 121 g/mol. The van der Waals surface area contributed by atoms with Crippen LogP contribution in [0.3, 0.4) is 0 Å². The van der Waals surface area contributed by atoms with Gasteiger partial charge in [-0.15, -0.1) is 0 Å². The summed E-state index contributed by atoms with van der Waals surface area (Å²) in [5.41, 5.74) is 5.98. The zero-order chi connectivity index (χ0) is 5.98. The van der Waals surface area contributed by atoms with Gasteiger partial charge in [0.15, 0.2) is 0 Å². The molecule has 1 aromatic heterocycles. The van der Waals surface area contributed by atoms with E-state index in [4.69, 9.17) is 5.73 Å². The van der Waals surface area contributed by atoms with Gasteiger partial charge in [-0.3, -0.25) is 4.98 Å². The second-order valence-electron chi connectivity index (χ2n) is 1.36. The van der Waals surface area contributed by atoms with Crippen LogP contribution < -0.4 is 10.3 Å². The fourth-order valence-corrected chi connectivity index (χ4v) is 0.491. The lowest BCUT2D eigenvalue weighted by Crippen LogP contribution is -2.13. The lowest BCUT2D eigenvalue weighted by molar-refractivity contribution is 1.20. The van der Waals surface area contributed by atoms with E-state index in [2.05, 4.69) is 26.3 Å². The molecule has 0 amide bonds. The van der Waals surface area contributed by atoms with E-state index in [1.165, 1.54) is 6.33 Å². The Kier molecular flexibility index (Phi) is 1.47. The van der Waals surface area contributed by atoms with Crippen molar-refractivity contribution < 1.29 is 0 Å². The molecule has 3 nitrogen and oxygen atoms in total. The highest BCUT2D eigenvalue weighted by Gasteiger charge is 1.86. The van der Waals surface area contributed by atoms with Crippen LogP contribution in [0.1, 0.15) is 0 Å². The van der Waals surface area contributed by atoms with E-state index < -0.39 is 0 Å². The van der Waals surface area contributed by atoms with Crippen LogP contribution in [0.5, 0.6) is 0 Å². The number of rotatable bonds is 0. The maximum atomic E-state index is 5.37. The van der Waals surface area contributed by atoms with Crippen molar-refractivity contribution in [2.75, 3.05) is 5.73 Å². The Morgan fingerprint density at radius 2 is 2.38 bits per heavy atom. The van der Waals surface area contributed by atoms with Crippen LogP contribution in [-0.4, -0.2) is 26.3 Å². The number of hydrogen-bond acceptors (Lipinski definition) is 3. The van der Waals surface area contributed by atoms with Gasteiger partial charge in [0, 0.05) is 0 Å². The van der Waals surface area contributed by atoms with Gasteiger partial charge in [0.25, 0.3) is 0 Å². The van der Waals surface area contributed by atoms with Crippen molar-refractivity contribution in [3.8, 4) is 0 Å². The molecule has 0 fully saturated rings. The monoisotopic (exact) mass is 121 g/mol. The molecule has 0 spiro atoms. The Morgan fingerprint density at radius 3 is 2.75 bits per heavy atom. The maximum absolute atomic E-state index is 5.37. The quantitative estimate of drug-likeness (QED) is 0.441. The van der Waals surface area contributed by atoms with Crippen molar-refractivity contribution in [2.24, 2.45) is 0 Å². The van der Waals surface area contributed by atoms with Gasteiger partial charge in [0.2, 0.25) is 16.3 Å². The first-order valence-electron chi connectivity index (χ1n) is 2.11. The fraction of sp³-hybridized carbons (Fsp3) is 0. The van der Waals surface area contributed by atoms with Crippen LogP contribution in [0.4, 0.5) is 5.69 Å². The van der Waals surface area contributed by atoms with Crippen LogP contribution in [0.2, 0.25) is 0 Å². The number of nitrogen functional groups attached to an aromatic ring is 1. The third kappa shape index (κ3) is 0.972. The van der Waals surface area contributed by atoms with Crippen molar-refractivity contribution in [1.29, 1.82) is 0 Å². The molecule has 2 N–H and O–H groups in total. The molecule has 0 atom stereocenters. The third-order valence-electron chi connectivity index (χ3n) is 0.773. The van der Waals surface area contributed by atoms with E-state index in [0.29, 0.717) is 5.69 Å². The lowest BCUT2D eigenvalue weighted by Gasteiger charge is -1.93. The molecular weight excluding hydrogens is 117 g/mol. The molecular formula is C4H4AlN3. The van der Waals surface area contributed by atoms with Gasteiger partial charge in [-0.2, -0.15) is 0 Å². The molecule has 0 unspecified atom stereocenters. The molecule has 2 radical (unpaired) electrons. The van der Waals surface area contributed by atoms with Crippen LogP contribution in [-0.2, 0) is 0 Å². The van der Waals surface area contributed by atoms with Crippen molar-refractivity contribution in [3.05, 3.63) is 12.5 Å². The van der Waals surface area contributed by atoms with E-state index in [-0.39, 0.29) is 0 Å². The van der Waals surface area contributed by atoms with Gasteiger partial charge in [-0.25, -0.2) is 4.98 Å². The van der Waals surface area contributed by atoms with Crippen molar-refractivity contribution in [2.45, 2.75) is 0 Å². The summed E-state index contributed by atoms with van der Waals surface area (Å²) in [5, 5.41) is 0. The predicted molar refractivity (Wildman–Crippen MR) is 31.8 cm³/mol. The molecule has 0 aromatic carbocycles. The number of nitrogens with zero attached hydrogens (tertiary/aromatic N) is 2. The first kappa shape index (κ1) is 5.55. The summed E-state index contributed by atoms with van der Waals surface area (Å²) in [6.07, 6.45) is 3.02. The third-order valence-corrected chi connectivity index (χ3v) is 1.26. The van der Waals surface area contributed by atoms with Gasteiger partial charge in [0.05, 0.1) is 11.9 Å². The summed E-state index contributed by atoms with van der Waals surface area (Å²) in [7, 11) is 0. The van der Waals surface area contributed by atoms with Crippen LogP contribution in [0.15, 0.2) is 12.5 Å². The molecule has 0 aliphatic rings. The first-order chi connectivity index (χ1) is 3.80. The highest BCUT2D eigenvalue weighted by molar-refractivity contribution is 6.33. The fourth-order valence-electron chi connectivity index (χ4n) is 0.350. The largest absolute Gasteiger partial charge is 0.397 e. The number of aromatic nitrogens is 2. The maximum Gasteiger partial charge on any atom is 0.213 e. The van der Waals surface area contributed by atoms with Crippen molar-refractivity contribution in [3.63, 3.8) is 0 Å². The topological polar surface area (TPSA) is 51.8 Å². The molecule has 8 heavy (non-hydrogen) atoms. The Hall–Kier alpha value is -0.588. The van der Waals surface area contributed by atoms with Gasteiger partial charge >= 0.3 is 0 Å². The SMILES string of the molecule is Nc1cncn[c]1[Al]. The highest BCUT2D eigenvalue weighted by Crippen LogP contribution is 1.84.